The maximum atomic E-state index is 12.9. The maximum absolute atomic E-state index is 12.9. The molecule has 1 aromatic carbocycles. The summed E-state index contributed by atoms with van der Waals surface area (Å²) >= 11 is 0. The first kappa shape index (κ1) is 16.1. The van der Waals surface area contributed by atoms with Crippen molar-refractivity contribution >= 4 is 11.6 Å². The van der Waals surface area contributed by atoms with Crippen LogP contribution >= 0.6 is 0 Å². The molecule has 3 heterocycles. The van der Waals surface area contributed by atoms with Crippen LogP contribution in [0.1, 0.15) is 18.9 Å². The minimum absolute atomic E-state index is 0.258. The van der Waals surface area contributed by atoms with Crippen LogP contribution in [0.3, 0.4) is 0 Å². The molecule has 3 aliphatic rings. The van der Waals surface area contributed by atoms with E-state index in [0.717, 1.165) is 51.4 Å². The molecular formula is C19H28N4O. The number of rotatable bonds is 3. The Morgan fingerprint density at radius 3 is 2.83 bits per heavy atom. The van der Waals surface area contributed by atoms with E-state index in [4.69, 9.17) is 0 Å². The Balaban J connectivity index is 1.37. The highest BCUT2D eigenvalue weighted by Gasteiger charge is 2.34. The van der Waals surface area contributed by atoms with Crippen molar-refractivity contribution in [3.63, 3.8) is 0 Å². The minimum Gasteiger partial charge on any atom is -0.314 e. The van der Waals surface area contributed by atoms with E-state index in [0.29, 0.717) is 12.6 Å². The van der Waals surface area contributed by atoms with Crippen molar-refractivity contribution in [1.82, 2.24) is 15.1 Å². The first-order valence-corrected chi connectivity index (χ1v) is 9.29. The fraction of sp³-hybridized carbons (Fsp3) is 0.632. The Morgan fingerprint density at radius 1 is 1.21 bits per heavy atom. The molecule has 0 aromatic heterocycles. The van der Waals surface area contributed by atoms with Crippen molar-refractivity contribution in [2.24, 2.45) is 0 Å². The molecule has 1 aromatic rings. The summed E-state index contributed by atoms with van der Waals surface area (Å²) in [6.07, 6.45) is 2.17. The Morgan fingerprint density at radius 2 is 2.00 bits per heavy atom. The molecule has 4 rings (SSSR count). The number of likely N-dealkylation sites (tertiary alicyclic amines) is 1. The van der Waals surface area contributed by atoms with E-state index < -0.39 is 0 Å². The molecule has 2 fully saturated rings. The highest BCUT2D eigenvalue weighted by atomic mass is 16.2. The summed E-state index contributed by atoms with van der Waals surface area (Å²) < 4.78 is 0. The van der Waals surface area contributed by atoms with E-state index in [1.807, 2.05) is 11.0 Å². The number of nitrogens with zero attached hydrogens (tertiary/aromatic N) is 3. The van der Waals surface area contributed by atoms with E-state index in [1.54, 1.807) is 0 Å². The standard InChI is InChI=1S/C19H28N4O/c1-15-12-16-4-2-3-5-18(16)23(15)19(24)14-21-9-6-17(13-21)22-10-7-20-8-11-22/h2-5,15,17,20H,6-14H2,1H3. The fourth-order valence-corrected chi connectivity index (χ4v) is 4.51. The number of carbonyl (C=O) groups is 1. The van der Waals surface area contributed by atoms with Crippen molar-refractivity contribution in [3.05, 3.63) is 29.8 Å². The van der Waals surface area contributed by atoms with Gasteiger partial charge in [-0.1, -0.05) is 18.2 Å². The number of hydrogen-bond donors (Lipinski definition) is 1. The summed E-state index contributed by atoms with van der Waals surface area (Å²) in [4.78, 5) is 19.9. The second-order valence-corrected chi connectivity index (χ2v) is 7.41. The zero-order valence-corrected chi connectivity index (χ0v) is 14.6. The van der Waals surface area contributed by atoms with Crippen LogP contribution in [-0.2, 0) is 11.2 Å². The molecule has 0 radical (unpaired) electrons. The van der Waals surface area contributed by atoms with Crippen LogP contribution < -0.4 is 10.2 Å². The lowest BCUT2D eigenvalue weighted by atomic mass is 10.1. The monoisotopic (exact) mass is 328 g/mol. The van der Waals surface area contributed by atoms with E-state index >= 15 is 0 Å². The second-order valence-electron chi connectivity index (χ2n) is 7.41. The fourth-order valence-electron chi connectivity index (χ4n) is 4.51. The average molecular weight is 328 g/mol. The highest BCUT2D eigenvalue weighted by Crippen LogP contribution is 2.32. The lowest BCUT2D eigenvalue weighted by molar-refractivity contribution is -0.119. The van der Waals surface area contributed by atoms with Crippen LogP contribution in [0.15, 0.2) is 24.3 Å². The lowest BCUT2D eigenvalue weighted by Crippen LogP contribution is -2.49. The number of anilines is 1. The molecule has 5 heteroatoms. The normalized spacial score (nSPS) is 28.3. The maximum Gasteiger partial charge on any atom is 0.241 e. The third kappa shape index (κ3) is 3.08. The van der Waals surface area contributed by atoms with Gasteiger partial charge in [0, 0.05) is 57.0 Å². The van der Waals surface area contributed by atoms with Gasteiger partial charge in [0.2, 0.25) is 5.91 Å². The van der Waals surface area contributed by atoms with E-state index in [2.05, 4.69) is 40.2 Å². The van der Waals surface area contributed by atoms with Crippen molar-refractivity contribution in [3.8, 4) is 0 Å². The summed E-state index contributed by atoms with van der Waals surface area (Å²) in [5, 5.41) is 3.42. The number of hydrogen-bond acceptors (Lipinski definition) is 4. The molecule has 24 heavy (non-hydrogen) atoms. The van der Waals surface area contributed by atoms with Crippen LogP contribution in [0.25, 0.3) is 0 Å². The molecule has 2 unspecified atom stereocenters. The Bertz CT molecular complexity index is 599. The molecular weight excluding hydrogens is 300 g/mol. The largest absolute Gasteiger partial charge is 0.314 e. The second kappa shape index (κ2) is 6.82. The predicted molar refractivity (Wildman–Crippen MR) is 96.4 cm³/mol. The third-order valence-electron chi connectivity index (χ3n) is 5.75. The summed E-state index contributed by atoms with van der Waals surface area (Å²) in [6.45, 7) is 9.27. The molecule has 1 N–H and O–H groups in total. The summed E-state index contributed by atoms with van der Waals surface area (Å²) in [5.74, 6) is 0.258. The van der Waals surface area contributed by atoms with Crippen LogP contribution in [-0.4, -0.2) is 73.6 Å². The number of carbonyl (C=O) groups excluding carboxylic acids is 1. The summed E-state index contributed by atoms with van der Waals surface area (Å²) in [7, 11) is 0. The third-order valence-corrected chi connectivity index (χ3v) is 5.75. The summed E-state index contributed by atoms with van der Waals surface area (Å²) in [5.41, 5.74) is 2.42. The zero-order chi connectivity index (χ0) is 16.5. The van der Waals surface area contributed by atoms with Crippen LogP contribution in [0.5, 0.6) is 0 Å². The predicted octanol–water partition coefficient (Wildman–Crippen LogP) is 0.944. The molecule has 0 aliphatic carbocycles. The number of benzene rings is 1. The summed E-state index contributed by atoms with van der Waals surface area (Å²) in [6, 6.07) is 9.25. The van der Waals surface area contributed by atoms with Crippen molar-refractivity contribution < 1.29 is 4.79 Å². The molecule has 2 atom stereocenters. The molecule has 0 bridgehead atoms. The van der Waals surface area contributed by atoms with Gasteiger partial charge >= 0.3 is 0 Å². The van der Waals surface area contributed by atoms with Gasteiger partial charge in [-0.25, -0.2) is 0 Å². The molecule has 3 aliphatic heterocycles. The van der Waals surface area contributed by atoms with E-state index in [9.17, 15) is 4.79 Å². The van der Waals surface area contributed by atoms with Gasteiger partial charge in [0.25, 0.3) is 0 Å². The number of fused-ring (bicyclic) bond motifs is 1. The SMILES string of the molecule is CC1Cc2ccccc2N1C(=O)CN1CCC(N2CCNCC2)C1. The first-order chi connectivity index (χ1) is 11.7. The Kier molecular flexibility index (Phi) is 4.57. The van der Waals surface area contributed by atoms with Crippen LogP contribution in [0.4, 0.5) is 5.69 Å². The molecule has 0 saturated carbocycles. The van der Waals surface area contributed by atoms with Gasteiger partial charge in [0.15, 0.2) is 0 Å². The van der Waals surface area contributed by atoms with Crippen LogP contribution in [0.2, 0.25) is 0 Å². The number of amides is 1. The average Bonchev–Trinajstić information content (AvgIpc) is 3.19. The van der Waals surface area contributed by atoms with Gasteiger partial charge in [-0.05, 0) is 31.4 Å². The highest BCUT2D eigenvalue weighted by molar-refractivity contribution is 5.97. The molecule has 130 valence electrons. The van der Waals surface area contributed by atoms with Crippen molar-refractivity contribution in [2.45, 2.75) is 31.8 Å². The van der Waals surface area contributed by atoms with Crippen molar-refractivity contribution in [1.29, 1.82) is 0 Å². The zero-order valence-electron chi connectivity index (χ0n) is 14.6. The quantitative estimate of drug-likeness (QED) is 0.896. The van der Waals surface area contributed by atoms with Gasteiger partial charge in [-0.2, -0.15) is 0 Å². The lowest BCUT2D eigenvalue weighted by Gasteiger charge is -2.32. The van der Waals surface area contributed by atoms with Crippen LogP contribution in [0, 0.1) is 0 Å². The molecule has 0 spiro atoms. The topological polar surface area (TPSA) is 38.8 Å². The van der Waals surface area contributed by atoms with Gasteiger partial charge in [0.1, 0.15) is 0 Å². The van der Waals surface area contributed by atoms with E-state index in [1.165, 1.54) is 12.0 Å². The minimum atomic E-state index is 0.258. The van der Waals surface area contributed by atoms with Gasteiger partial charge in [-0.15, -0.1) is 0 Å². The molecule has 5 nitrogen and oxygen atoms in total. The Labute approximate surface area is 144 Å². The smallest absolute Gasteiger partial charge is 0.241 e. The number of piperazine rings is 1. The molecule has 1 amide bonds. The van der Waals surface area contributed by atoms with Crippen molar-refractivity contribution in [2.75, 3.05) is 50.7 Å². The number of para-hydroxylation sites is 1. The van der Waals surface area contributed by atoms with Gasteiger partial charge < -0.3 is 10.2 Å². The number of nitrogens with one attached hydrogen (secondary N) is 1. The Hall–Kier alpha value is -1.43. The van der Waals surface area contributed by atoms with Gasteiger partial charge in [0.05, 0.1) is 6.54 Å². The van der Waals surface area contributed by atoms with E-state index in [-0.39, 0.29) is 11.9 Å². The first-order valence-electron chi connectivity index (χ1n) is 9.29. The van der Waals surface area contributed by atoms with Gasteiger partial charge in [-0.3, -0.25) is 14.6 Å². The molecule has 2 saturated heterocycles.